The second-order valence-electron chi connectivity index (χ2n) is 8.15. The number of ether oxygens (including phenoxy) is 1. The molecule has 1 aliphatic heterocycles. The third kappa shape index (κ3) is 4.37. The predicted molar refractivity (Wildman–Crippen MR) is 124 cm³/mol. The topological polar surface area (TPSA) is 83.1 Å². The summed E-state index contributed by atoms with van der Waals surface area (Å²) in [5.41, 5.74) is 3.23. The summed E-state index contributed by atoms with van der Waals surface area (Å²) in [4.78, 5) is 19.6. The molecule has 0 unspecified atom stereocenters. The van der Waals surface area contributed by atoms with E-state index in [1.54, 1.807) is 25.3 Å². The summed E-state index contributed by atoms with van der Waals surface area (Å²) in [6, 6.07) is 17.6. The number of carbonyl (C=O) groups is 1. The van der Waals surface area contributed by atoms with Crippen molar-refractivity contribution in [1.29, 1.82) is 0 Å². The number of pyridine rings is 1. The molecule has 5 rings (SSSR count). The summed E-state index contributed by atoms with van der Waals surface area (Å²) in [5, 5.41) is 11.5. The number of nitrogens with one attached hydrogen (secondary N) is 2. The summed E-state index contributed by atoms with van der Waals surface area (Å²) in [6.45, 7) is 1.85. The molecule has 0 bridgehead atoms. The van der Waals surface area contributed by atoms with Gasteiger partial charge < -0.3 is 15.0 Å². The van der Waals surface area contributed by atoms with Crippen molar-refractivity contribution in [2.24, 2.45) is 0 Å². The van der Waals surface area contributed by atoms with Crippen LogP contribution in [0.4, 0.5) is 10.2 Å². The molecule has 168 valence electrons. The van der Waals surface area contributed by atoms with E-state index in [2.05, 4.69) is 15.5 Å². The van der Waals surface area contributed by atoms with E-state index in [4.69, 9.17) is 9.72 Å². The number of carbonyl (C=O) groups excluding carboxylic acids is 1. The second-order valence-corrected chi connectivity index (χ2v) is 8.15. The highest BCUT2D eigenvalue weighted by atomic mass is 19.1. The maximum atomic E-state index is 13.1. The molecule has 1 fully saturated rings. The first-order valence-corrected chi connectivity index (χ1v) is 10.9. The predicted octanol–water partition coefficient (Wildman–Crippen LogP) is 4.35. The van der Waals surface area contributed by atoms with E-state index >= 15 is 0 Å². The average Bonchev–Trinajstić information content (AvgIpc) is 3.50. The van der Waals surface area contributed by atoms with Gasteiger partial charge in [0.05, 0.1) is 12.5 Å². The fraction of sp³-hybridized carbons (Fsp3) is 0.240. The SMILES string of the molecule is COc1cccc(C(=O)N2CC[C@@H](c3ccc4c(NCc5ccc(F)cc5)n[nH]c4n3)C2)c1. The Hall–Kier alpha value is -3.94. The largest absolute Gasteiger partial charge is 0.497 e. The van der Waals surface area contributed by atoms with Crippen molar-refractivity contribution >= 4 is 22.8 Å². The lowest BCUT2D eigenvalue weighted by Gasteiger charge is -2.17. The molecule has 4 aromatic rings. The second kappa shape index (κ2) is 8.90. The fourth-order valence-electron chi connectivity index (χ4n) is 4.19. The first-order chi connectivity index (χ1) is 16.1. The Balaban J connectivity index is 1.26. The number of methoxy groups -OCH3 is 1. The van der Waals surface area contributed by atoms with Crippen molar-refractivity contribution in [3.05, 3.63) is 83.3 Å². The van der Waals surface area contributed by atoms with Gasteiger partial charge in [-0.2, -0.15) is 5.10 Å². The number of amides is 1. The molecular formula is C25H24FN5O2. The average molecular weight is 445 g/mol. The quantitative estimate of drug-likeness (QED) is 0.461. The molecule has 7 nitrogen and oxygen atoms in total. The minimum atomic E-state index is -0.253. The van der Waals surface area contributed by atoms with E-state index in [1.807, 2.05) is 35.2 Å². The monoisotopic (exact) mass is 445 g/mol. The van der Waals surface area contributed by atoms with Crippen LogP contribution in [0.3, 0.4) is 0 Å². The summed E-state index contributed by atoms with van der Waals surface area (Å²) in [5.74, 6) is 1.30. The Morgan fingerprint density at radius 1 is 1.21 bits per heavy atom. The summed E-state index contributed by atoms with van der Waals surface area (Å²) >= 11 is 0. The van der Waals surface area contributed by atoms with Gasteiger partial charge >= 0.3 is 0 Å². The summed E-state index contributed by atoms with van der Waals surface area (Å²) in [6.07, 6.45) is 0.859. The standard InChI is InChI=1S/C25H24FN5O2/c1-33-20-4-2-3-17(13-20)25(32)31-12-11-18(15-31)22-10-9-21-23(29-30-24(21)28-22)27-14-16-5-7-19(26)8-6-16/h2-10,13,18H,11-12,14-15H2,1H3,(H2,27,28,29,30)/t18-/m1/s1. The van der Waals surface area contributed by atoms with Crippen LogP contribution in [0.15, 0.2) is 60.7 Å². The summed E-state index contributed by atoms with van der Waals surface area (Å²) in [7, 11) is 1.59. The van der Waals surface area contributed by atoms with Gasteiger partial charge in [-0.3, -0.25) is 9.89 Å². The molecule has 0 saturated carbocycles. The molecule has 1 aliphatic rings. The van der Waals surface area contributed by atoms with Crippen LogP contribution in [0.2, 0.25) is 0 Å². The van der Waals surface area contributed by atoms with Gasteiger partial charge in [0.15, 0.2) is 11.5 Å². The van der Waals surface area contributed by atoms with Crippen LogP contribution >= 0.6 is 0 Å². The van der Waals surface area contributed by atoms with Crippen LogP contribution in [-0.2, 0) is 6.54 Å². The number of anilines is 1. The number of fused-ring (bicyclic) bond motifs is 1. The molecule has 8 heteroatoms. The first kappa shape index (κ1) is 20.9. The lowest BCUT2D eigenvalue weighted by Crippen LogP contribution is -2.28. The van der Waals surface area contributed by atoms with Gasteiger partial charge in [-0.1, -0.05) is 18.2 Å². The van der Waals surface area contributed by atoms with Gasteiger partial charge in [0.25, 0.3) is 5.91 Å². The highest BCUT2D eigenvalue weighted by Crippen LogP contribution is 2.30. The van der Waals surface area contributed by atoms with E-state index in [0.29, 0.717) is 42.4 Å². The third-order valence-corrected chi connectivity index (χ3v) is 6.03. The first-order valence-electron chi connectivity index (χ1n) is 10.9. The molecule has 1 amide bonds. The van der Waals surface area contributed by atoms with Crippen LogP contribution in [0.25, 0.3) is 11.0 Å². The number of halogens is 1. The highest BCUT2D eigenvalue weighted by molar-refractivity contribution is 5.95. The fourth-order valence-corrected chi connectivity index (χ4v) is 4.19. The van der Waals surface area contributed by atoms with Gasteiger partial charge in [-0.15, -0.1) is 0 Å². The zero-order valence-corrected chi connectivity index (χ0v) is 18.2. The molecule has 33 heavy (non-hydrogen) atoms. The van der Waals surface area contributed by atoms with E-state index in [9.17, 15) is 9.18 Å². The highest BCUT2D eigenvalue weighted by Gasteiger charge is 2.29. The van der Waals surface area contributed by atoms with Crippen LogP contribution in [0, 0.1) is 5.82 Å². The van der Waals surface area contributed by atoms with Crippen molar-refractivity contribution in [1.82, 2.24) is 20.1 Å². The number of rotatable bonds is 6. The Morgan fingerprint density at radius 3 is 2.88 bits per heavy atom. The van der Waals surface area contributed by atoms with Gasteiger partial charge in [-0.05, 0) is 54.4 Å². The molecule has 0 radical (unpaired) electrons. The van der Waals surface area contributed by atoms with Crippen LogP contribution in [0.1, 0.15) is 34.0 Å². The smallest absolute Gasteiger partial charge is 0.254 e. The van der Waals surface area contributed by atoms with Crippen LogP contribution < -0.4 is 10.1 Å². The molecule has 1 saturated heterocycles. The molecule has 3 heterocycles. The van der Waals surface area contributed by atoms with E-state index in [-0.39, 0.29) is 17.6 Å². The Morgan fingerprint density at radius 2 is 2.06 bits per heavy atom. The van der Waals surface area contributed by atoms with Crippen molar-refractivity contribution in [3.8, 4) is 5.75 Å². The zero-order chi connectivity index (χ0) is 22.8. The number of nitrogens with zero attached hydrogens (tertiary/aromatic N) is 3. The molecular weight excluding hydrogens is 421 g/mol. The maximum absolute atomic E-state index is 13.1. The molecule has 2 aromatic heterocycles. The third-order valence-electron chi connectivity index (χ3n) is 6.03. The van der Waals surface area contributed by atoms with Crippen molar-refractivity contribution < 1.29 is 13.9 Å². The van der Waals surface area contributed by atoms with E-state index in [0.717, 1.165) is 23.1 Å². The lowest BCUT2D eigenvalue weighted by atomic mass is 10.0. The number of hydrogen-bond acceptors (Lipinski definition) is 5. The minimum absolute atomic E-state index is 0.00583. The van der Waals surface area contributed by atoms with E-state index < -0.39 is 0 Å². The number of likely N-dealkylation sites (tertiary alicyclic amines) is 1. The number of aromatic amines is 1. The van der Waals surface area contributed by atoms with Crippen molar-refractivity contribution in [3.63, 3.8) is 0 Å². The zero-order valence-electron chi connectivity index (χ0n) is 18.2. The van der Waals surface area contributed by atoms with Crippen LogP contribution in [-0.4, -0.2) is 46.2 Å². The van der Waals surface area contributed by atoms with Gasteiger partial charge in [0.2, 0.25) is 0 Å². The van der Waals surface area contributed by atoms with Crippen molar-refractivity contribution in [2.75, 3.05) is 25.5 Å². The molecule has 0 aliphatic carbocycles. The number of hydrogen-bond donors (Lipinski definition) is 2. The number of benzene rings is 2. The number of aromatic nitrogens is 3. The van der Waals surface area contributed by atoms with E-state index in [1.165, 1.54) is 12.1 Å². The van der Waals surface area contributed by atoms with Gasteiger partial charge in [0.1, 0.15) is 11.6 Å². The van der Waals surface area contributed by atoms with Crippen molar-refractivity contribution in [2.45, 2.75) is 18.9 Å². The lowest BCUT2D eigenvalue weighted by molar-refractivity contribution is 0.0790. The Labute approximate surface area is 190 Å². The maximum Gasteiger partial charge on any atom is 0.254 e. The number of H-pyrrole nitrogens is 1. The Kier molecular flexibility index (Phi) is 5.64. The van der Waals surface area contributed by atoms with Crippen LogP contribution in [0.5, 0.6) is 5.75 Å². The van der Waals surface area contributed by atoms with Gasteiger partial charge in [0, 0.05) is 36.8 Å². The molecule has 2 N–H and O–H groups in total. The molecule has 0 spiro atoms. The normalized spacial score (nSPS) is 15.7. The molecule has 2 aromatic carbocycles. The van der Waals surface area contributed by atoms with Gasteiger partial charge in [-0.25, -0.2) is 9.37 Å². The molecule has 1 atom stereocenters. The minimum Gasteiger partial charge on any atom is -0.497 e. The Bertz CT molecular complexity index is 1290. The summed E-state index contributed by atoms with van der Waals surface area (Å²) < 4.78 is 18.3.